The highest BCUT2D eigenvalue weighted by Crippen LogP contribution is 2.13. The van der Waals surface area contributed by atoms with Gasteiger partial charge in [0.05, 0.1) is 0 Å². The van der Waals surface area contributed by atoms with Crippen molar-refractivity contribution in [3.63, 3.8) is 0 Å². The maximum Gasteiger partial charge on any atom is 0.272 e. The molecular weight excluding hydrogens is 228 g/mol. The van der Waals surface area contributed by atoms with Gasteiger partial charge < -0.3 is 10.3 Å². The van der Waals surface area contributed by atoms with E-state index in [-0.39, 0.29) is 11.9 Å². The quantitative estimate of drug-likeness (QED) is 0.618. The SMILES string of the molecule is CC(C)CC(C)N(C)C(=O)c1cccc(NN)n1. The Hall–Kier alpha value is -1.62. The van der Waals surface area contributed by atoms with Crippen LogP contribution in [-0.4, -0.2) is 28.9 Å². The molecule has 1 unspecified atom stereocenters. The van der Waals surface area contributed by atoms with Crippen molar-refractivity contribution in [2.75, 3.05) is 12.5 Å². The summed E-state index contributed by atoms with van der Waals surface area (Å²) in [6, 6.07) is 5.36. The zero-order valence-electron chi connectivity index (χ0n) is 11.5. The number of anilines is 1. The molecule has 0 bridgehead atoms. The summed E-state index contributed by atoms with van der Waals surface area (Å²) in [5.41, 5.74) is 2.85. The third kappa shape index (κ3) is 3.70. The van der Waals surface area contributed by atoms with E-state index in [0.717, 1.165) is 6.42 Å². The number of hydrogen-bond donors (Lipinski definition) is 2. The highest BCUT2D eigenvalue weighted by Gasteiger charge is 2.19. The number of hydrazine groups is 1. The molecule has 0 aromatic carbocycles. The summed E-state index contributed by atoms with van der Waals surface area (Å²) < 4.78 is 0. The predicted molar refractivity (Wildman–Crippen MR) is 73.1 cm³/mol. The van der Waals surface area contributed by atoms with Gasteiger partial charge in [-0.05, 0) is 31.4 Å². The number of hydrogen-bond acceptors (Lipinski definition) is 4. The number of nitrogen functional groups attached to an aromatic ring is 1. The molecule has 0 saturated heterocycles. The third-order valence-corrected chi connectivity index (χ3v) is 2.91. The molecule has 1 amide bonds. The molecule has 0 aliphatic carbocycles. The van der Waals surface area contributed by atoms with Crippen molar-refractivity contribution in [1.82, 2.24) is 9.88 Å². The van der Waals surface area contributed by atoms with Gasteiger partial charge >= 0.3 is 0 Å². The summed E-state index contributed by atoms with van der Waals surface area (Å²) in [5.74, 6) is 6.25. The molecule has 18 heavy (non-hydrogen) atoms. The van der Waals surface area contributed by atoms with E-state index in [1.807, 2.05) is 6.92 Å². The van der Waals surface area contributed by atoms with Crippen molar-refractivity contribution in [2.45, 2.75) is 33.2 Å². The molecule has 1 heterocycles. The number of amides is 1. The molecule has 0 radical (unpaired) electrons. The minimum Gasteiger partial charge on any atom is -0.338 e. The van der Waals surface area contributed by atoms with Crippen molar-refractivity contribution >= 4 is 11.7 Å². The molecule has 3 N–H and O–H groups in total. The van der Waals surface area contributed by atoms with Crippen molar-refractivity contribution in [3.8, 4) is 0 Å². The molecule has 0 aliphatic rings. The zero-order chi connectivity index (χ0) is 13.7. The molecule has 0 aliphatic heterocycles. The van der Waals surface area contributed by atoms with Gasteiger partial charge in [0.15, 0.2) is 0 Å². The topological polar surface area (TPSA) is 71.2 Å². The van der Waals surface area contributed by atoms with E-state index in [1.54, 1.807) is 30.1 Å². The smallest absolute Gasteiger partial charge is 0.272 e. The van der Waals surface area contributed by atoms with Crippen LogP contribution in [0.5, 0.6) is 0 Å². The van der Waals surface area contributed by atoms with Crippen molar-refractivity contribution in [1.29, 1.82) is 0 Å². The molecule has 1 atom stereocenters. The number of nitrogens with zero attached hydrogens (tertiary/aromatic N) is 2. The third-order valence-electron chi connectivity index (χ3n) is 2.91. The van der Waals surface area contributed by atoms with E-state index in [4.69, 9.17) is 5.84 Å². The molecular formula is C13H22N4O. The van der Waals surface area contributed by atoms with Gasteiger partial charge in [-0.3, -0.25) is 4.79 Å². The number of nitrogens with two attached hydrogens (primary N) is 1. The molecule has 0 saturated carbocycles. The van der Waals surface area contributed by atoms with Crippen molar-refractivity contribution < 1.29 is 4.79 Å². The maximum absolute atomic E-state index is 12.2. The minimum absolute atomic E-state index is 0.0831. The highest BCUT2D eigenvalue weighted by atomic mass is 16.2. The van der Waals surface area contributed by atoms with Gasteiger partial charge in [-0.1, -0.05) is 19.9 Å². The first kappa shape index (κ1) is 14.4. The van der Waals surface area contributed by atoms with Crippen molar-refractivity contribution in [3.05, 3.63) is 23.9 Å². The van der Waals surface area contributed by atoms with Crippen LogP contribution in [0.3, 0.4) is 0 Å². The Bertz CT molecular complexity index is 406. The van der Waals surface area contributed by atoms with Gasteiger partial charge in [0.2, 0.25) is 0 Å². The summed E-state index contributed by atoms with van der Waals surface area (Å²) in [6.45, 7) is 6.33. The first-order chi connectivity index (χ1) is 8.45. The van der Waals surface area contributed by atoms with Crippen LogP contribution in [0.1, 0.15) is 37.7 Å². The number of aromatic nitrogens is 1. The second-order valence-corrected chi connectivity index (χ2v) is 4.95. The van der Waals surface area contributed by atoms with Gasteiger partial charge in [0, 0.05) is 13.1 Å². The van der Waals surface area contributed by atoms with Crippen LogP contribution >= 0.6 is 0 Å². The lowest BCUT2D eigenvalue weighted by Crippen LogP contribution is -2.36. The fraction of sp³-hybridized carbons (Fsp3) is 0.538. The number of rotatable bonds is 5. The van der Waals surface area contributed by atoms with Gasteiger partial charge in [-0.2, -0.15) is 0 Å². The summed E-state index contributed by atoms with van der Waals surface area (Å²) in [6.07, 6.45) is 0.969. The molecule has 0 fully saturated rings. The van der Waals surface area contributed by atoms with E-state index >= 15 is 0 Å². The number of nitrogens with one attached hydrogen (secondary N) is 1. The average molecular weight is 250 g/mol. The monoisotopic (exact) mass is 250 g/mol. The number of carbonyl (C=O) groups is 1. The Morgan fingerprint density at radius 2 is 2.11 bits per heavy atom. The van der Waals surface area contributed by atoms with Gasteiger partial charge in [0.1, 0.15) is 11.5 Å². The standard InChI is InChI=1S/C13H22N4O/c1-9(2)8-10(3)17(4)13(18)11-6-5-7-12(15-11)16-14/h5-7,9-10H,8,14H2,1-4H3,(H,15,16). The van der Waals surface area contributed by atoms with Crippen LogP contribution in [0.4, 0.5) is 5.82 Å². The van der Waals surface area contributed by atoms with Gasteiger partial charge in [-0.25, -0.2) is 10.8 Å². The summed E-state index contributed by atoms with van der Waals surface area (Å²) in [5, 5.41) is 0. The van der Waals surface area contributed by atoms with Crippen LogP contribution in [0, 0.1) is 5.92 Å². The lowest BCUT2D eigenvalue weighted by atomic mass is 10.0. The fourth-order valence-corrected chi connectivity index (χ4v) is 1.86. The molecule has 5 heteroatoms. The minimum atomic E-state index is -0.0831. The van der Waals surface area contributed by atoms with E-state index in [9.17, 15) is 4.79 Å². The van der Waals surface area contributed by atoms with Crippen LogP contribution in [-0.2, 0) is 0 Å². The Kier molecular flexibility index (Phi) is 5.09. The van der Waals surface area contributed by atoms with Gasteiger partial charge in [0.25, 0.3) is 5.91 Å². The number of pyridine rings is 1. The molecule has 1 aromatic rings. The Morgan fingerprint density at radius 3 is 2.67 bits per heavy atom. The largest absolute Gasteiger partial charge is 0.338 e. The van der Waals surface area contributed by atoms with Crippen LogP contribution < -0.4 is 11.3 Å². The number of carbonyl (C=O) groups excluding carboxylic acids is 1. The first-order valence-corrected chi connectivity index (χ1v) is 6.16. The first-order valence-electron chi connectivity index (χ1n) is 6.16. The Balaban J connectivity index is 2.79. The molecule has 1 rings (SSSR count). The summed E-state index contributed by atoms with van der Waals surface area (Å²) >= 11 is 0. The van der Waals surface area contributed by atoms with E-state index in [0.29, 0.717) is 17.4 Å². The predicted octanol–water partition coefficient (Wildman–Crippen LogP) is 1.87. The molecule has 100 valence electrons. The lowest BCUT2D eigenvalue weighted by molar-refractivity contribution is 0.0722. The lowest BCUT2D eigenvalue weighted by Gasteiger charge is -2.26. The summed E-state index contributed by atoms with van der Waals surface area (Å²) in [7, 11) is 1.81. The normalized spacial score (nSPS) is 12.3. The Labute approximate surface area is 108 Å². The van der Waals surface area contributed by atoms with E-state index in [2.05, 4.69) is 24.3 Å². The maximum atomic E-state index is 12.2. The van der Waals surface area contributed by atoms with Crippen LogP contribution in [0.25, 0.3) is 0 Å². The molecule has 1 aromatic heterocycles. The Morgan fingerprint density at radius 1 is 1.44 bits per heavy atom. The molecule has 0 spiro atoms. The zero-order valence-corrected chi connectivity index (χ0v) is 11.5. The second kappa shape index (κ2) is 6.35. The average Bonchev–Trinajstić information content (AvgIpc) is 2.36. The van der Waals surface area contributed by atoms with Gasteiger partial charge in [-0.15, -0.1) is 0 Å². The van der Waals surface area contributed by atoms with Crippen LogP contribution in [0.15, 0.2) is 18.2 Å². The summed E-state index contributed by atoms with van der Waals surface area (Å²) in [4.78, 5) is 18.1. The van der Waals surface area contributed by atoms with Crippen LogP contribution in [0.2, 0.25) is 0 Å². The van der Waals surface area contributed by atoms with E-state index < -0.39 is 0 Å². The van der Waals surface area contributed by atoms with E-state index in [1.165, 1.54) is 0 Å². The molecule has 5 nitrogen and oxygen atoms in total. The second-order valence-electron chi connectivity index (χ2n) is 4.95. The fourth-order valence-electron chi connectivity index (χ4n) is 1.86. The van der Waals surface area contributed by atoms with Crippen molar-refractivity contribution in [2.24, 2.45) is 11.8 Å². The highest BCUT2D eigenvalue weighted by molar-refractivity contribution is 5.92.